The van der Waals surface area contributed by atoms with Crippen LogP contribution in [0.25, 0.3) is 0 Å². The largest absolute Gasteiger partial charge is 0.0683 e. The second-order valence-electron chi connectivity index (χ2n) is 27.9. The first-order valence-corrected chi connectivity index (χ1v) is 29.6. The van der Waals surface area contributed by atoms with E-state index in [1.165, 1.54) is 89.9 Å². The molecule has 0 radical (unpaired) electrons. The zero-order valence-electron chi connectivity index (χ0n) is 62.0. The highest BCUT2D eigenvalue weighted by atomic mass is 14.3. The van der Waals surface area contributed by atoms with Crippen molar-refractivity contribution in [3.05, 3.63) is 0 Å². The Kier molecular flexibility index (Phi) is 56.6. The maximum atomic E-state index is 7.80. The molecule has 4 aliphatic rings. The monoisotopic (exact) mass is 977 g/mol. The van der Waals surface area contributed by atoms with Crippen molar-refractivity contribution >= 4 is 0 Å². The topological polar surface area (TPSA) is 0 Å². The van der Waals surface area contributed by atoms with E-state index in [1.54, 1.807) is 13.8 Å². The Balaban J connectivity index is -0.0000000906. The fourth-order valence-corrected chi connectivity index (χ4v) is 5.53. The summed E-state index contributed by atoms with van der Waals surface area (Å²) in [6.45, 7) is 75.6. The molecule has 0 atom stereocenters. The lowest BCUT2D eigenvalue weighted by Gasteiger charge is -2.32. The first-order valence-electron chi connectivity index (χ1n) is 32.6. The minimum absolute atomic E-state index is 0.116. The van der Waals surface area contributed by atoms with E-state index in [0.717, 1.165) is 43.4 Å². The molecule has 0 unspecified atom stereocenters. The van der Waals surface area contributed by atoms with Crippen molar-refractivity contribution in [1.82, 2.24) is 0 Å². The fourth-order valence-electron chi connectivity index (χ4n) is 5.53. The van der Waals surface area contributed by atoms with E-state index in [-0.39, 0.29) is 17.2 Å². The molecule has 0 N–H and O–H groups in total. The lowest BCUT2D eigenvalue weighted by Crippen LogP contribution is -2.19. The summed E-state index contributed by atoms with van der Waals surface area (Å²) in [5.41, 5.74) is 2.49. The van der Waals surface area contributed by atoms with Gasteiger partial charge in [-0.25, -0.2) is 0 Å². The predicted octanol–water partition coefficient (Wildman–Crippen LogP) is 27.0. The van der Waals surface area contributed by atoms with Gasteiger partial charge in [-0.15, -0.1) is 0 Å². The van der Waals surface area contributed by atoms with E-state index in [9.17, 15) is 0 Å². The van der Waals surface area contributed by atoms with Crippen LogP contribution in [-0.2, 0) is 0 Å². The summed E-state index contributed by atoms with van der Waals surface area (Å²) in [5, 5.41) is 0. The van der Waals surface area contributed by atoms with Crippen LogP contribution in [0.2, 0.25) is 0 Å². The Morgan fingerprint density at radius 1 is 0.471 bits per heavy atom. The highest BCUT2D eigenvalue weighted by molar-refractivity contribution is 4.77. The van der Waals surface area contributed by atoms with Gasteiger partial charge in [-0.1, -0.05) is 352 Å². The van der Waals surface area contributed by atoms with Crippen LogP contribution in [0, 0.1) is 67.9 Å². The van der Waals surface area contributed by atoms with Crippen molar-refractivity contribution in [2.75, 3.05) is 0 Å². The van der Waals surface area contributed by atoms with Gasteiger partial charge in [0.15, 0.2) is 0 Å². The Morgan fingerprint density at radius 3 is 0.794 bits per heavy atom. The molecule has 4 aliphatic carbocycles. The second-order valence-corrected chi connectivity index (χ2v) is 27.9. The quantitative estimate of drug-likeness (QED) is 0.259. The van der Waals surface area contributed by atoms with Crippen LogP contribution in [-0.4, -0.2) is 0 Å². The molecule has 0 spiro atoms. The van der Waals surface area contributed by atoms with Gasteiger partial charge in [0.25, 0.3) is 0 Å². The van der Waals surface area contributed by atoms with Gasteiger partial charge in [0, 0.05) is 8.22 Å². The Morgan fingerprint density at radius 2 is 0.676 bits per heavy atom. The molecular formula is C68H154. The average Bonchev–Trinajstić information content (AvgIpc) is 3.94. The molecule has 4 saturated carbocycles. The molecule has 0 aromatic heterocycles. The van der Waals surface area contributed by atoms with E-state index in [1.807, 2.05) is 83.1 Å². The summed E-state index contributed by atoms with van der Waals surface area (Å²) in [6, 6.07) is 0. The summed E-state index contributed by atoms with van der Waals surface area (Å²) < 4.78 is 44.0. The summed E-state index contributed by atoms with van der Waals surface area (Å²) in [4.78, 5) is 0. The zero-order chi connectivity index (χ0) is 62.0. The summed E-state index contributed by atoms with van der Waals surface area (Å²) in [5.74, 6) is 2.91. The van der Waals surface area contributed by atoms with Crippen molar-refractivity contribution in [3.8, 4) is 0 Å². The third-order valence-corrected chi connectivity index (χ3v) is 10.7. The molecule has 0 aliphatic heterocycles. The molecule has 0 amide bonds. The summed E-state index contributed by atoms with van der Waals surface area (Å²) in [6.07, 6.45) is 21.8. The minimum atomic E-state index is -1.06. The third-order valence-electron chi connectivity index (χ3n) is 10.7. The maximum Gasteiger partial charge on any atom is 0.0300 e. The Hall–Kier alpha value is 0. The molecule has 0 heterocycles. The smallest absolute Gasteiger partial charge is 0.0300 e. The van der Waals surface area contributed by atoms with Crippen molar-refractivity contribution in [2.45, 2.75) is 378 Å². The van der Waals surface area contributed by atoms with Crippen LogP contribution in [0.15, 0.2) is 0 Å². The molecule has 0 heteroatoms. The number of hydrogen-bond acceptors (Lipinski definition) is 0. The van der Waals surface area contributed by atoms with Gasteiger partial charge in [0.1, 0.15) is 0 Å². The minimum Gasteiger partial charge on any atom is -0.0683 e. The fraction of sp³-hybridized carbons (Fsp3) is 1.00. The van der Waals surface area contributed by atoms with Crippen molar-refractivity contribution in [2.24, 2.45) is 67.9 Å². The first-order chi connectivity index (χ1) is 32.6. The van der Waals surface area contributed by atoms with Gasteiger partial charge >= 0.3 is 0 Å². The molecule has 68 heavy (non-hydrogen) atoms. The number of hydrogen-bond donors (Lipinski definition) is 0. The number of rotatable bonds is 2. The van der Waals surface area contributed by atoms with Gasteiger partial charge in [-0.2, -0.15) is 0 Å². The van der Waals surface area contributed by atoms with Crippen molar-refractivity contribution < 1.29 is 8.22 Å². The SMILES string of the molecule is CC.CC.CC.CC(C)(C)C.CC(C)(C)C.CC(C)C.CC1CCC(C)(C)CC1.CCC(C)(C)C.CCC1CCCC1.[2H]C(C)(C)C.[2H]C([2H])(C)C(C)(C)C.[2H]C([2H])(C)C1CCCC1.[2H]C1(C)CCC(C)(C)CC1. The summed E-state index contributed by atoms with van der Waals surface area (Å²) >= 11 is 0. The lowest BCUT2D eigenvalue weighted by atomic mass is 9.74. The van der Waals surface area contributed by atoms with Gasteiger partial charge in [-0.05, 0) is 93.6 Å². The predicted molar refractivity (Wildman–Crippen MR) is 332 cm³/mol. The summed E-state index contributed by atoms with van der Waals surface area (Å²) in [7, 11) is 0. The van der Waals surface area contributed by atoms with Crippen molar-refractivity contribution in [3.63, 3.8) is 0 Å². The van der Waals surface area contributed by atoms with Gasteiger partial charge < -0.3 is 0 Å². The van der Waals surface area contributed by atoms with Gasteiger partial charge in [0.2, 0.25) is 0 Å². The van der Waals surface area contributed by atoms with Crippen LogP contribution < -0.4 is 0 Å². The van der Waals surface area contributed by atoms with Crippen LogP contribution >= 0.6 is 0 Å². The highest BCUT2D eigenvalue weighted by Gasteiger charge is 2.25. The molecule has 4 fully saturated rings. The Bertz CT molecular complexity index is 1010. The van der Waals surface area contributed by atoms with Crippen molar-refractivity contribution in [1.29, 1.82) is 0 Å². The molecule has 426 valence electrons. The zero-order valence-corrected chi connectivity index (χ0v) is 56.0. The average molecular weight is 978 g/mol. The normalized spacial score (nSPS) is 19.9. The molecule has 4 rings (SSSR count). The van der Waals surface area contributed by atoms with Gasteiger partial charge in [0.05, 0.1) is 0 Å². The second kappa shape index (κ2) is 53.3. The molecular weight excluding hydrogens is 817 g/mol. The van der Waals surface area contributed by atoms with E-state index in [4.69, 9.17) is 8.22 Å². The lowest BCUT2D eigenvalue weighted by molar-refractivity contribution is 0.201. The van der Waals surface area contributed by atoms with Gasteiger partial charge in [-0.3, -0.25) is 0 Å². The Labute approximate surface area is 452 Å². The standard InChI is InChI=1S/2C9H18.2C7H14.2C6H14.2C5H12.2C4H10.3C2H6/c2*1-8-4-6-9(2,3)7-5-8;2*1-2-7-5-3-4-6-7;2*1-5-6(2,3)4;2*1-5(2,3)4;2*1-4(2)3;3*1-2/h2*8H,4-7H2,1-3H3;2*7H,2-6H2,1H3;2*5H2,1-4H3;2*1-4H3;2*4H,1-3H3;3*1-2H3/i8D;;2D2;;5D2;;;;4D;;;;. The van der Waals surface area contributed by atoms with Crippen LogP contribution in [0.4, 0.5) is 0 Å². The van der Waals surface area contributed by atoms with E-state index in [2.05, 4.69) is 152 Å². The molecule has 0 aromatic rings. The van der Waals surface area contributed by atoms with Crippen LogP contribution in [0.3, 0.4) is 0 Å². The maximum absolute atomic E-state index is 7.80. The third kappa shape index (κ3) is 121. The first kappa shape index (κ1) is 72.2. The molecule has 0 saturated heterocycles. The van der Waals surface area contributed by atoms with Crippen LogP contribution in [0.5, 0.6) is 0 Å². The van der Waals surface area contributed by atoms with E-state index >= 15 is 0 Å². The highest BCUT2D eigenvalue weighted by Crippen LogP contribution is 2.38. The van der Waals surface area contributed by atoms with E-state index in [0.29, 0.717) is 33.0 Å². The molecule has 0 nitrogen and oxygen atoms in total. The van der Waals surface area contributed by atoms with E-state index < -0.39 is 12.7 Å². The molecule has 0 bridgehead atoms. The molecule has 0 aromatic carbocycles. The van der Waals surface area contributed by atoms with Crippen LogP contribution in [0.1, 0.15) is 386 Å².